The van der Waals surface area contributed by atoms with Crippen LogP contribution in [0.5, 0.6) is 0 Å². The van der Waals surface area contributed by atoms with Crippen LogP contribution < -0.4 is 11.5 Å². The van der Waals surface area contributed by atoms with E-state index in [1.807, 2.05) is 16.8 Å². The fourth-order valence-corrected chi connectivity index (χ4v) is 2.95. The lowest BCUT2D eigenvalue weighted by molar-refractivity contribution is 0.197. The molecule has 0 aliphatic heterocycles. The van der Waals surface area contributed by atoms with Crippen molar-refractivity contribution in [3.8, 4) is 11.4 Å². The summed E-state index contributed by atoms with van der Waals surface area (Å²) >= 11 is 0. The molecule has 0 saturated carbocycles. The number of hydrogen-bond acceptors (Lipinski definition) is 5. The van der Waals surface area contributed by atoms with E-state index in [0.717, 1.165) is 12.0 Å². The second kappa shape index (κ2) is 5.02. The Hall–Kier alpha value is -2.11. The van der Waals surface area contributed by atoms with Crippen LogP contribution in [0.4, 0.5) is 11.4 Å². The number of tetrazole rings is 1. The van der Waals surface area contributed by atoms with Gasteiger partial charge in [-0.3, -0.25) is 0 Å². The minimum atomic E-state index is -0.212. The van der Waals surface area contributed by atoms with Crippen LogP contribution in [-0.2, 0) is 5.54 Å². The van der Waals surface area contributed by atoms with Gasteiger partial charge in [-0.15, -0.1) is 5.10 Å². The highest BCUT2D eigenvalue weighted by Crippen LogP contribution is 2.34. The van der Waals surface area contributed by atoms with Crippen molar-refractivity contribution in [3.05, 3.63) is 18.2 Å². The maximum Gasteiger partial charge on any atom is 0.182 e. The molecule has 21 heavy (non-hydrogen) atoms. The van der Waals surface area contributed by atoms with Crippen LogP contribution in [-0.4, -0.2) is 20.2 Å². The third-order valence-corrected chi connectivity index (χ3v) is 3.24. The average Bonchev–Trinajstić information content (AvgIpc) is 2.73. The minimum Gasteiger partial charge on any atom is -0.399 e. The Morgan fingerprint density at radius 1 is 1.00 bits per heavy atom. The summed E-state index contributed by atoms with van der Waals surface area (Å²) in [6.45, 7) is 10.9. The Labute approximate surface area is 125 Å². The largest absolute Gasteiger partial charge is 0.399 e. The van der Waals surface area contributed by atoms with Crippen molar-refractivity contribution in [3.63, 3.8) is 0 Å². The summed E-state index contributed by atoms with van der Waals surface area (Å²) in [4.78, 5) is 0. The number of anilines is 2. The van der Waals surface area contributed by atoms with Crippen molar-refractivity contribution < 1.29 is 0 Å². The van der Waals surface area contributed by atoms with Crippen LogP contribution in [0.15, 0.2) is 18.2 Å². The van der Waals surface area contributed by atoms with Crippen molar-refractivity contribution in [2.75, 3.05) is 11.5 Å². The quantitative estimate of drug-likeness (QED) is 0.846. The minimum absolute atomic E-state index is 0.168. The molecule has 0 bridgehead atoms. The maximum absolute atomic E-state index is 5.87. The van der Waals surface area contributed by atoms with Crippen molar-refractivity contribution >= 4 is 11.4 Å². The molecule has 0 unspecified atom stereocenters. The molecule has 2 rings (SSSR count). The second-order valence-electron chi connectivity index (χ2n) is 7.35. The van der Waals surface area contributed by atoms with Gasteiger partial charge >= 0.3 is 0 Å². The van der Waals surface area contributed by atoms with E-state index in [1.165, 1.54) is 0 Å². The number of nitrogen functional groups attached to an aromatic ring is 2. The molecule has 1 heterocycles. The van der Waals surface area contributed by atoms with Gasteiger partial charge in [-0.2, -0.15) is 0 Å². The summed E-state index contributed by atoms with van der Waals surface area (Å²) in [5.74, 6) is 0.684. The molecule has 114 valence electrons. The lowest BCUT2D eigenvalue weighted by Gasteiger charge is -2.32. The summed E-state index contributed by atoms with van der Waals surface area (Å²) in [6.07, 6.45) is 0.940. The maximum atomic E-state index is 5.87. The van der Waals surface area contributed by atoms with Crippen molar-refractivity contribution in [2.45, 2.75) is 46.6 Å². The lowest BCUT2D eigenvalue weighted by Crippen LogP contribution is -2.33. The van der Waals surface area contributed by atoms with E-state index in [9.17, 15) is 0 Å². The van der Waals surface area contributed by atoms with Crippen LogP contribution in [0.2, 0.25) is 0 Å². The highest BCUT2D eigenvalue weighted by molar-refractivity contribution is 5.68. The Bertz CT molecular complexity index is 616. The fourth-order valence-electron chi connectivity index (χ4n) is 2.95. The molecule has 0 aliphatic rings. The van der Waals surface area contributed by atoms with Gasteiger partial charge in [0.05, 0.1) is 5.54 Å². The molecule has 2 aromatic rings. The Balaban J connectivity index is 2.47. The first-order valence-electron chi connectivity index (χ1n) is 7.04. The molecule has 1 aromatic heterocycles. The number of hydrogen-bond donors (Lipinski definition) is 2. The first-order valence-corrected chi connectivity index (χ1v) is 7.04. The van der Waals surface area contributed by atoms with Gasteiger partial charge in [-0.05, 0) is 54.3 Å². The molecule has 0 atom stereocenters. The van der Waals surface area contributed by atoms with Crippen LogP contribution in [0.25, 0.3) is 11.4 Å². The third kappa shape index (κ3) is 3.51. The topological polar surface area (TPSA) is 95.6 Å². The Morgan fingerprint density at radius 3 is 2.10 bits per heavy atom. The van der Waals surface area contributed by atoms with Crippen LogP contribution >= 0.6 is 0 Å². The SMILES string of the molecule is CC(C)(C)CC(C)(C)n1nnnc1-c1cc(N)cc(N)c1. The normalized spacial score (nSPS) is 12.6. The predicted octanol–water partition coefficient (Wildman–Crippen LogP) is 2.68. The summed E-state index contributed by atoms with van der Waals surface area (Å²) in [7, 11) is 0. The van der Waals surface area contributed by atoms with Gasteiger partial charge in [-0.1, -0.05) is 20.8 Å². The van der Waals surface area contributed by atoms with Gasteiger partial charge in [0.1, 0.15) is 0 Å². The first kappa shape index (κ1) is 15.3. The van der Waals surface area contributed by atoms with Crippen LogP contribution in [0.3, 0.4) is 0 Å². The molecular weight excluding hydrogens is 264 g/mol. The van der Waals surface area contributed by atoms with E-state index in [2.05, 4.69) is 50.1 Å². The number of aromatic nitrogens is 4. The van der Waals surface area contributed by atoms with Crippen LogP contribution in [0.1, 0.15) is 41.0 Å². The first-order chi connectivity index (χ1) is 9.58. The third-order valence-electron chi connectivity index (χ3n) is 3.24. The van der Waals surface area contributed by atoms with Gasteiger partial charge in [0.2, 0.25) is 0 Å². The van der Waals surface area contributed by atoms with E-state index in [0.29, 0.717) is 17.2 Å². The zero-order chi connectivity index (χ0) is 15.8. The van der Waals surface area contributed by atoms with Crippen LogP contribution in [0, 0.1) is 5.41 Å². The monoisotopic (exact) mass is 288 g/mol. The smallest absolute Gasteiger partial charge is 0.182 e. The molecule has 6 nitrogen and oxygen atoms in total. The summed E-state index contributed by atoms with van der Waals surface area (Å²) in [5.41, 5.74) is 13.7. The molecule has 0 radical (unpaired) electrons. The zero-order valence-corrected chi connectivity index (χ0v) is 13.4. The van der Waals surface area contributed by atoms with Crippen molar-refractivity contribution in [2.24, 2.45) is 5.41 Å². The average molecular weight is 288 g/mol. The second-order valence-corrected chi connectivity index (χ2v) is 7.35. The predicted molar refractivity (Wildman–Crippen MR) is 85.5 cm³/mol. The molecule has 1 aromatic carbocycles. The molecule has 6 heteroatoms. The highest BCUT2D eigenvalue weighted by atomic mass is 15.6. The van der Waals surface area contributed by atoms with E-state index < -0.39 is 0 Å². The van der Waals surface area contributed by atoms with E-state index in [1.54, 1.807) is 6.07 Å². The number of nitrogens with zero attached hydrogens (tertiary/aromatic N) is 4. The zero-order valence-electron chi connectivity index (χ0n) is 13.4. The molecule has 0 fully saturated rings. The number of nitrogens with two attached hydrogens (primary N) is 2. The highest BCUT2D eigenvalue weighted by Gasteiger charge is 2.31. The molecule has 0 spiro atoms. The molecule has 0 amide bonds. The van der Waals surface area contributed by atoms with E-state index in [4.69, 9.17) is 11.5 Å². The van der Waals surface area contributed by atoms with Gasteiger partial charge in [-0.25, -0.2) is 4.68 Å². The summed E-state index contributed by atoms with van der Waals surface area (Å²) in [5, 5.41) is 12.2. The van der Waals surface area contributed by atoms with Crippen molar-refractivity contribution in [1.29, 1.82) is 0 Å². The van der Waals surface area contributed by atoms with E-state index in [-0.39, 0.29) is 11.0 Å². The fraction of sp³-hybridized carbons (Fsp3) is 0.533. The number of benzene rings is 1. The van der Waals surface area contributed by atoms with Gasteiger partial charge in [0.25, 0.3) is 0 Å². The van der Waals surface area contributed by atoms with Crippen molar-refractivity contribution in [1.82, 2.24) is 20.2 Å². The Kier molecular flexibility index (Phi) is 3.65. The molecular formula is C15H24N6. The number of rotatable bonds is 3. The Morgan fingerprint density at radius 2 is 1.57 bits per heavy atom. The van der Waals surface area contributed by atoms with Gasteiger partial charge < -0.3 is 11.5 Å². The van der Waals surface area contributed by atoms with Gasteiger partial charge in [0.15, 0.2) is 5.82 Å². The lowest BCUT2D eigenvalue weighted by atomic mass is 9.82. The van der Waals surface area contributed by atoms with E-state index >= 15 is 0 Å². The molecule has 0 saturated heterocycles. The molecule has 4 N–H and O–H groups in total. The van der Waals surface area contributed by atoms with Gasteiger partial charge in [0, 0.05) is 16.9 Å². The standard InChI is InChI=1S/C15H24N6/c1-14(2,3)9-15(4,5)21-13(18-19-20-21)10-6-11(16)8-12(17)7-10/h6-8H,9,16-17H2,1-5H3. The summed E-state index contributed by atoms with van der Waals surface area (Å²) < 4.78 is 1.85. The molecule has 0 aliphatic carbocycles. The summed E-state index contributed by atoms with van der Waals surface area (Å²) in [6, 6.07) is 5.40.